The summed E-state index contributed by atoms with van der Waals surface area (Å²) in [6.45, 7) is 3.49. The zero-order valence-corrected chi connectivity index (χ0v) is 18.5. The van der Waals surface area contributed by atoms with Crippen molar-refractivity contribution < 1.29 is 13.2 Å². The van der Waals surface area contributed by atoms with Crippen LogP contribution in [0.1, 0.15) is 10.5 Å². The molecule has 0 atom stereocenters. The van der Waals surface area contributed by atoms with Crippen LogP contribution >= 0.6 is 0 Å². The molecule has 9 nitrogen and oxygen atoms in total. The molecule has 1 fully saturated rings. The minimum Gasteiger partial charge on any atom is -0.335 e. The average Bonchev–Trinajstić information content (AvgIpc) is 3.26. The molecule has 31 heavy (non-hydrogen) atoms. The Morgan fingerprint density at radius 3 is 2.52 bits per heavy atom. The van der Waals surface area contributed by atoms with Gasteiger partial charge in [0.05, 0.1) is 17.6 Å². The molecule has 164 valence electrons. The van der Waals surface area contributed by atoms with Crippen LogP contribution in [0.3, 0.4) is 0 Å². The Labute approximate surface area is 181 Å². The van der Waals surface area contributed by atoms with E-state index in [0.717, 1.165) is 23.9 Å². The van der Waals surface area contributed by atoms with E-state index in [0.29, 0.717) is 19.6 Å². The number of sulfonamides is 1. The van der Waals surface area contributed by atoms with Gasteiger partial charge in [0.2, 0.25) is 10.0 Å². The van der Waals surface area contributed by atoms with E-state index in [1.807, 2.05) is 37.4 Å². The number of benzene rings is 2. The fraction of sp³-hybridized carbons (Fsp3) is 0.381. The van der Waals surface area contributed by atoms with Crippen molar-refractivity contribution in [2.24, 2.45) is 0 Å². The summed E-state index contributed by atoms with van der Waals surface area (Å²) in [7, 11) is -0.0727. The lowest BCUT2D eigenvalue weighted by molar-refractivity contribution is 0.0658. The van der Waals surface area contributed by atoms with Crippen LogP contribution in [-0.2, 0) is 16.6 Å². The van der Waals surface area contributed by atoms with Crippen molar-refractivity contribution in [2.45, 2.75) is 11.4 Å². The minimum atomic E-state index is -3.64. The van der Waals surface area contributed by atoms with Crippen LogP contribution in [-0.4, -0.2) is 90.2 Å². The molecule has 1 aliphatic heterocycles. The highest BCUT2D eigenvalue weighted by atomic mass is 32.2. The van der Waals surface area contributed by atoms with E-state index >= 15 is 0 Å². The number of carbonyl (C=O) groups excluding carboxylic acids is 1. The lowest BCUT2D eigenvalue weighted by Crippen LogP contribution is -2.47. The summed E-state index contributed by atoms with van der Waals surface area (Å²) in [5, 5.41) is 9.85. The first-order valence-corrected chi connectivity index (χ1v) is 11.6. The summed E-state index contributed by atoms with van der Waals surface area (Å²) in [5.41, 5.74) is 0.282. The Kier molecular flexibility index (Phi) is 6.03. The van der Waals surface area contributed by atoms with Gasteiger partial charge < -0.3 is 9.80 Å². The van der Waals surface area contributed by atoms with Crippen molar-refractivity contribution in [2.75, 3.05) is 46.8 Å². The Hall–Kier alpha value is -2.82. The predicted molar refractivity (Wildman–Crippen MR) is 117 cm³/mol. The second-order valence-electron chi connectivity index (χ2n) is 7.80. The molecule has 0 unspecified atom stereocenters. The Morgan fingerprint density at radius 1 is 1.06 bits per heavy atom. The largest absolute Gasteiger partial charge is 0.335 e. The lowest BCUT2D eigenvalue weighted by atomic mass is 10.1. The number of hydrogen-bond acceptors (Lipinski definition) is 6. The molecule has 4 rings (SSSR count). The van der Waals surface area contributed by atoms with Gasteiger partial charge in [-0.1, -0.05) is 35.5 Å². The van der Waals surface area contributed by atoms with E-state index in [1.54, 1.807) is 23.2 Å². The Balaban J connectivity index is 1.40. The van der Waals surface area contributed by atoms with E-state index in [-0.39, 0.29) is 23.0 Å². The summed E-state index contributed by atoms with van der Waals surface area (Å²) in [5.74, 6) is -0.142. The highest BCUT2D eigenvalue weighted by Crippen LogP contribution is 2.21. The number of nitrogens with zero attached hydrogens (tertiary/aromatic N) is 6. The zero-order chi connectivity index (χ0) is 22.0. The van der Waals surface area contributed by atoms with Crippen molar-refractivity contribution in [3.8, 4) is 0 Å². The highest BCUT2D eigenvalue weighted by molar-refractivity contribution is 7.89. The van der Waals surface area contributed by atoms with Gasteiger partial charge in [0.25, 0.3) is 5.91 Å². The van der Waals surface area contributed by atoms with Gasteiger partial charge in [-0.2, -0.15) is 4.31 Å². The molecule has 0 aliphatic carbocycles. The van der Waals surface area contributed by atoms with Crippen molar-refractivity contribution in [3.05, 3.63) is 54.4 Å². The van der Waals surface area contributed by atoms with E-state index < -0.39 is 10.0 Å². The van der Waals surface area contributed by atoms with Crippen molar-refractivity contribution >= 4 is 26.7 Å². The van der Waals surface area contributed by atoms with E-state index in [9.17, 15) is 13.2 Å². The average molecular weight is 443 g/mol. The van der Waals surface area contributed by atoms with Crippen molar-refractivity contribution in [1.29, 1.82) is 0 Å². The van der Waals surface area contributed by atoms with Gasteiger partial charge in [0.1, 0.15) is 0 Å². The lowest BCUT2D eigenvalue weighted by Gasteiger charge is -2.31. The first-order valence-electron chi connectivity index (χ1n) is 10.2. The fourth-order valence-corrected chi connectivity index (χ4v) is 4.75. The molecule has 0 spiro atoms. The van der Waals surface area contributed by atoms with Crippen LogP contribution in [0.15, 0.2) is 53.6 Å². The van der Waals surface area contributed by atoms with Crippen LogP contribution in [0, 0.1) is 0 Å². The third kappa shape index (κ3) is 4.60. The van der Waals surface area contributed by atoms with Crippen LogP contribution < -0.4 is 0 Å². The predicted octanol–water partition coefficient (Wildman–Crippen LogP) is 1.14. The van der Waals surface area contributed by atoms with Gasteiger partial charge in [-0.05, 0) is 30.0 Å². The maximum Gasteiger partial charge on any atom is 0.276 e. The van der Waals surface area contributed by atoms with Crippen LogP contribution in [0.25, 0.3) is 10.8 Å². The molecule has 0 N–H and O–H groups in total. The standard InChI is InChI=1S/C21H26N6O3S/c1-24-9-12-26(13-10-24)21(28)20-16-27(23-22-20)14-11-25(2)31(29,30)19-8-7-17-5-3-4-6-18(17)15-19/h3-8,15-16H,9-14H2,1-2H3. The third-order valence-corrected chi connectivity index (χ3v) is 7.47. The second-order valence-corrected chi connectivity index (χ2v) is 9.84. The fourth-order valence-electron chi connectivity index (χ4n) is 3.55. The number of likely N-dealkylation sites (N-methyl/N-ethyl adjacent to an activating group) is 2. The molecular formula is C21H26N6O3S. The normalized spacial score (nSPS) is 15.6. The number of hydrogen-bond donors (Lipinski definition) is 0. The summed E-state index contributed by atoms with van der Waals surface area (Å²) < 4.78 is 28.7. The van der Waals surface area contributed by atoms with Crippen LogP contribution in [0.5, 0.6) is 0 Å². The first-order chi connectivity index (χ1) is 14.8. The Morgan fingerprint density at radius 2 is 1.77 bits per heavy atom. The third-order valence-electron chi connectivity index (χ3n) is 5.62. The van der Waals surface area contributed by atoms with E-state index in [2.05, 4.69) is 15.2 Å². The molecule has 1 aliphatic rings. The minimum absolute atomic E-state index is 0.142. The number of carbonyl (C=O) groups is 1. The van der Waals surface area contributed by atoms with E-state index in [4.69, 9.17) is 0 Å². The number of piperazine rings is 1. The van der Waals surface area contributed by atoms with Crippen molar-refractivity contribution in [3.63, 3.8) is 0 Å². The number of rotatable bonds is 6. The Bertz CT molecular complexity index is 1180. The van der Waals surface area contributed by atoms with Crippen LogP contribution in [0.2, 0.25) is 0 Å². The second kappa shape index (κ2) is 8.74. The van der Waals surface area contributed by atoms with Gasteiger partial charge >= 0.3 is 0 Å². The van der Waals surface area contributed by atoms with Gasteiger partial charge in [0, 0.05) is 39.8 Å². The molecule has 3 aromatic rings. The number of amides is 1. The summed E-state index contributed by atoms with van der Waals surface area (Å²) in [6.07, 6.45) is 1.58. The summed E-state index contributed by atoms with van der Waals surface area (Å²) in [6, 6.07) is 12.8. The molecule has 1 saturated heterocycles. The summed E-state index contributed by atoms with van der Waals surface area (Å²) in [4.78, 5) is 16.8. The maximum atomic E-state index is 13.0. The molecule has 0 radical (unpaired) electrons. The van der Waals surface area contributed by atoms with Crippen molar-refractivity contribution in [1.82, 2.24) is 29.1 Å². The quantitative estimate of drug-likeness (QED) is 0.569. The molecule has 1 amide bonds. The van der Waals surface area contributed by atoms with E-state index in [1.165, 1.54) is 16.0 Å². The molecule has 2 aromatic carbocycles. The molecule has 1 aromatic heterocycles. The molecule has 2 heterocycles. The van der Waals surface area contributed by atoms with Gasteiger partial charge in [-0.25, -0.2) is 8.42 Å². The molecular weight excluding hydrogens is 416 g/mol. The molecule has 0 bridgehead atoms. The maximum absolute atomic E-state index is 13.0. The van der Waals surface area contributed by atoms with Crippen LogP contribution in [0.4, 0.5) is 0 Å². The van der Waals surface area contributed by atoms with Gasteiger partial charge in [0.15, 0.2) is 5.69 Å². The SMILES string of the molecule is CN1CCN(C(=O)c2cn(CCN(C)S(=O)(=O)c3ccc4ccccc4c3)nn2)CC1. The van der Waals surface area contributed by atoms with Gasteiger partial charge in [-0.3, -0.25) is 9.48 Å². The number of fused-ring (bicyclic) bond motifs is 1. The number of aromatic nitrogens is 3. The topological polar surface area (TPSA) is 91.6 Å². The zero-order valence-electron chi connectivity index (χ0n) is 17.7. The first kappa shape index (κ1) is 21.4. The molecule has 10 heteroatoms. The highest BCUT2D eigenvalue weighted by Gasteiger charge is 2.24. The monoisotopic (exact) mass is 442 g/mol. The smallest absolute Gasteiger partial charge is 0.276 e. The summed E-state index contributed by atoms with van der Waals surface area (Å²) >= 11 is 0. The van der Waals surface area contributed by atoms with Gasteiger partial charge in [-0.15, -0.1) is 5.10 Å². The molecule has 0 saturated carbocycles.